The van der Waals surface area contributed by atoms with Crippen molar-refractivity contribution < 1.29 is 27.9 Å². The molecule has 3 atom stereocenters. The predicted molar refractivity (Wildman–Crippen MR) is 70.8 cm³/mol. The molecule has 1 heterocycles. The van der Waals surface area contributed by atoms with Crippen LogP contribution < -0.4 is 10.6 Å². The van der Waals surface area contributed by atoms with Crippen molar-refractivity contribution in [2.45, 2.75) is 31.8 Å². The van der Waals surface area contributed by atoms with Crippen LogP contribution in [0, 0.1) is 12.8 Å². The highest BCUT2D eigenvalue weighted by Gasteiger charge is 2.65. The number of hydrogen-bond donors (Lipinski definition) is 3. The van der Waals surface area contributed by atoms with E-state index in [0.717, 1.165) is 12.5 Å². The van der Waals surface area contributed by atoms with Crippen molar-refractivity contribution in [3.63, 3.8) is 0 Å². The summed E-state index contributed by atoms with van der Waals surface area (Å²) in [6.07, 6.45) is -5.19. The molecule has 1 aromatic rings. The van der Waals surface area contributed by atoms with Crippen molar-refractivity contribution in [2.75, 3.05) is 0 Å². The molecule has 3 N–H and O–H groups in total. The summed E-state index contributed by atoms with van der Waals surface area (Å²) in [6.45, 7) is 2.68. The van der Waals surface area contributed by atoms with Crippen LogP contribution in [0.3, 0.4) is 0 Å². The van der Waals surface area contributed by atoms with E-state index < -0.39 is 35.7 Å². The average Bonchev–Trinajstić information content (AvgIpc) is 2.35. The molecule has 0 bridgehead atoms. The molecule has 0 radical (unpaired) electrons. The fraction of sp³-hybridized carbons (Fsp3) is 0.429. The minimum Gasteiger partial charge on any atom is -0.363 e. The Labute approximate surface area is 124 Å². The van der Waals surface area contributed by atoms with Crippen LogP contribution in [0.2, 0.25) is 0 Å². The largest absolute Gasteiger partial charge is 0.437 e. The third kappa shape index (κ3) is 2.66. The lowest BCUT2D eigenvalue weighted by Crippen LogP contribution is -2.72. The van der Waals surface area contributed by atoms with Crippen LogP contribution >= 0.6 is 0 Å². The monoisotopic (exact) mass is 316 g/mol. The van der Waals surface area contributed by atoms with E-state index in [0.29, 0.717) is 5.56 Å². The van der Waals surface area contributed by atoms with Crippen LogP contribution in [-0.2, 0) is 4.79 Å². The van der Waals surface area contributed by atoms with Crippen LogP contribution in [0.5, 0.6) is 0 Å². The zero-order chi connectivity index (χ0) is 16.7. The van der Waals surface area contributed by atoms with Crippen LogP contribution in [0.25, 0.3) is 0 Å². The van der Waals surface area contributed by atoms with Gasteiger partial charge in [-0.25, -0.2) is 4.79 Å². The number of ketones is 1. The van der Waals surface area contributed by atoms with E-state index in [1.54, 1.807) is 25.1 Å². The minimum absolute atomic E-state index is 0.317. The van der Waals surface area contributed by atoms with Crippen LogP contribution in [0.4, 0.5) is 18.0 Å². The standard InChI is InChI=1S/C14H15F3N2O3/c1-7-4-3-5-9(6-7)11-10(8(2)20)13(22,14(15,16)17)19-12(21)18-11/h3-6,10-11,22H,1-2H3,(H2,18,19,21)/t10-,11-,13-/m1/s1. The van der Waals surface area contributed by atoms with Gasteiger partial charge in [0.1, 0.15) is 5.78 Å². The van der Waals surface area contributed by atoms with Gasteiger partial charge < -0.3 is 15.7 Å². The van der Waals surface area contributed by atoms with Gasteiger partial charge in [-0.15, -0.1) is 0 Å². The molecule has 1 aliphatic rings. The Bertz CT molecular complexity index is 618. The Morgan fingerprint density at radius 3 is 2.50 bits per heavy atom. The lowest BCUT2D eigenvalue weighted by atomic mass is 9.79. The molecule has 2 amide bonds. The Balaban J connectivity index is 2.57. The van der Waals surface area contributed by atoms with Crippen molar-refractivity contribution in [3.8, 4) is 0 Å². The van der Waals surface area contributed by atoms with E-state index >= 15 is 0 Å². The van der Waals surface area contributed by atoms with Crippen LogP contribution in [0.1, 0.15) is 24.1 Å². The molecule has 0 saturated carbocycles. The number of Topliss-reactive ketones (excluding diaryl/α,β-unsaturated/α-hetero) is 1. The van der Waals surface area contributed by atoms with Gasteiger partial charge in [-0.05, 0) is 19.4 Å². The number of benzene rings is 1. The number of alkyl halides is 3. The van der Waals surface area contributed by atoms with E-state index in [9.17, 15) is 27.9 Å². The maximum Gasteiger partial charge on any atom is 0.437 e. The van der Waals surface area contributed by atoms with Crippen molar-refractivity contribution in [1.29, 1.82) is 0 Å². The summed E-state index contributed by atoms with van der Waals surface area (Å²) in [5.41, 5.74) is -2.55. The summed E-state index contributed by atoms with van der Waals surface area (Å²) < 4.78 is 39.7. The third-order valence-electron chi connectivity index (χ3n) is 3.65. The quantitative estimate of drug-likeness (QED) is 0.778. The first-order valence-electron chi connectivity index (χ1n) is 6.51. The molecule has 120 valence electrons. The van der Waals surface area contributed by atoms with Crippen molar-refractivity contribution in [3.05, 3.63) is 35.4 Å². The zero-order valence-electron chi connectivity index (χ0n) is 11.9. The second-order valence-corrected chi connectivity index (χ2v) is 5.34. The number of carbonyl (C=O) groups excluding carboxylic acids is 2. The van der Waals surface area contributed by atoms with Crippen LogP contribution in [-0.4, -0.2) is 28.8 Å². The summed E-state index contributed by atoms with van der Waals surface area (Å²) in [5, 5.41) is 13.7. The van der Waals surface area contributed by atoms with Gasteiger partial charge in [0.05, 0.1) is 12.0 Å². The Morgan fingerprint density at radius 2 is 2.00 bits per heavy atom. The van der Waals surface area contributed by atoms with Gasteiger partial charge >= 0.3 is 12.2 Å². The number of nitrogens with one attached hydrogen (secondary N) is 2. The maximum atomic E-state index is 13.2. The number of urea groups is 1. The number of aryl methyl sites for hydroxylation is 1. The first kappa shape index (κ1) is 16.3. The molecule has 0 unspecified atom stereocenters. The second-order valence-electron chi connectivity index (χ2n) is 5.34. The third-order valence-corrected chi connectivity index (χ3v) is 3.65. The molecule has 1 aromatic carbocycles. The Morgan fingerprint density at radius 1 is 1.36 bits per heavy atom. The minimum atomic E-state index is -5.19. The first-order chi connectivity index (χ1) is 10.1. The number of amides is 2. The molecule has 5 nitrogen and oxygen atoms in total. The number of hydrogen-bond acceptors (Lipinski definition) is 3. The molecule has 0 aliphatic carbocycles. The van der Waals surface area contributed by atoms with E-state index in [1.165, 1.54) is 11.4 Å². The van der Waals surface area contributed by atoms with E-state index in [-0.39, 0.29) is 0 Å². The Kier molecular flexibility index (Phi) is 3.90. The molecule has 2 rings (SSSR count). The number of carbonyl (C=O) groups is 2. The van der Waals surface area contributed by atoms with E-state index in [4.69, 9.17) is 0 Å². The topological polar surface area (TPSA) is 78.4 Å². The van der Waals surface area contributed by atoms with Gasteiger partial charge in [-0.2, -0.15) is 13.2 Å². The summed E-state index contributed by atoms with van der Waals surface area (Å²) in [5.74, 6) is -2.79. The molecule has 8 heteroatoms. The highest BCUT2D eigenvalue weighted by Crippen LogP contribution is 2.42. The second kappa shape index (κ2) is 5.28. The molecular formula is C14H15F3N2O3. The van der Waals surface area contributed by atoms with Crippen molar-refractivity contribution >= 4 is 11.8 Å². The molecule has 1 fully saturated rings. The zero-order valence-corrected chi connectivity index (χ0v) is 11.9. The molecule has 1 saturated heterocycles. The van der Waals surface area contributed by atoms with E-state index in [2.05, 4.69) is 5.32 Å². The molecule has 1 aliphatic heterocycles. The summed E-state index contributed by atoms with van der Waals surface area (Å²) in [6, 6.07) is 3.91. The summed E-state index contributed by atoms with van der Waals surface area (Å²) >= 11 is 0. The predicted octanol–water partition coefficient (Wildman–Crippen LogP) is 1.81. The van der Waals surface area contributed by atoms with Crippen molar-refractivity contribution in [1.82, 2.24) is 10.6 Å². The van der Waals surface area contributed by atoms with E-state index in [1.807, 2.05) is 0 Å². The van der Waals surface area contributed by atoms with Crippen molar-refractivity contribution in [2.24, 2.45) is 5.92 Å². The fourth-order valence-corrected chi connectivity index (χ4v) is 2.67. The summed E-state index contributed by atoms with van der Waals surface area (Å²) in [7, 11) is 0. The lowest BCUT2D eigenvalue weighted by molar-refractivity contribution is -0.290. The summed E-state index contributed by atoms with van der Waals surface area (Å²) in [4.78, 5) is 23.4. The Hall–Kier alpha value is -2.09. The highest BCUT2D eigenvalue weighted by atomic mass is 19.4. The van der Waals surface area contributed by atoms with Crippen LogP contribution in [0.15, 0.2) is 24.3 Å². The maximum absolute atomic E-state index is 13.2. The number of halogens is 3. The molecular weight excluding hydrogens is 301 g/mol. The lowest BCUT2D eigenvalue weighted by Gasteiger charge is -2.44. The number of rotatable bonds is 2. The van der Waals surface area contributed by atoms with Gasteiger partial charge in [0.25, 0.3) is 0 Å². The van der Waals surface area contributed by atoms with Gasteiger partial charge in [-0.1, -0.05) is 29.8 Å². The van der Waals surface area contributed by atoms with Gasteiger partial charge in [0, 0.05) is 0 Å². The SMILES string of the molecule is CC(=O)[C@@H]1[C@@H](c2cccc(C)c2)NC(=O)N[C@]1(O)C(F)(F)F. The molecule has 0 aromatic heterocycles. The van der Waals surface area contributed by atoms with Gasteiger partial charge in [0.2, 0.25) is 5.72 Å². The number of aliphatic hydroxyl groups is 1. The van der Waals surface area contributed by atoms with Gasteiger partial charge in [0.15, 0.2) is 0 Å². The fourth-order valence-electron chi connectivity index (χ4n) is 2.67. The van der Waals surface area contributed by atoms with Gasteiger partial charge in [-0.3, -0.25) is 4.79 Å². The molecule has 22 heavy (non-hydrogen) atoms. The normalized spacial score (nSPS) is 28.7. The average molecular weight is 316 g/mol. The smallest absolute Gasteiger partial charge is 0.363 e. The first-order valence-corrected chi connectivity index (χ1v) is 6.51. The highest BCUT2D eigenvalue weighted by molar-refractivity contribution is 5.86. The molecule has 0 spiro atoms.